The van der Waals surface area contributed by atoms with Crippen LogP contribution in [-0.2, 0) is 20.7 Å². The number of carbonyl (C=O) groups is 2. The van der Waals surface area contributed by atoms with E-state index >= 15 is 0 Å². The van der Waals surface area contributed by atoms with Crippen molar-refractivity contribution < 1.29 is 23.8 Å². The third kappa shape index (κ3) is 7.40. The molecule has 3 aromatic carbocycles. The molecule has 2 amide bonds. The fourth-order valence-corrected chi connectivity index (χ4v) is 4.20. The first-order chi connectivity index (χ1) is 19.4. The number of hydrogen-bond acceptors (Lipinski definition) is 6. The van der Waals surface area contributed by atoms with Crippen LogP contribution >= 0.6 is 11.6 Å². The normalized spacial score (nSPS) is 10.7. The van der Waals surface area contributed by atoms with Gasteiger partial charge < -0.3 is 19.1 Å². The smallest absolute Gasteiger partial charge is 0.246 e. The van der Waals surface area contributed by atoms with Crippen molar-refractivity contribution >= 4 is 29.4 Å². The Morgan fingerprint density at radius 2 is 1.62 bits per heavy atom. The van der Waals surface area contributed by atoms with E-state index < -0.39 is 5.91 Å². The van der Waals surface area contributed by atoms with Gasteiger partial charge in [-0.05, 0) is 17.7 Å². The van der Waals surface area contributed by atoms with Crippen LogP contribution in [0.25, 0.3) is 16.9 Å². The molecule has 0 saturated heterocycles. The van der Waals surface area contributed by atoms with Crippen LogP contribution in [0.5, 0.6) is 11.5 Å². The Morgan fingerprint density at radius 3 is 2.25 bits per heavy atom. The zero-order chi connectivity index (χ0) is 28.5. The van der Waals surface area contributed by atoms with Crippen molar-refractivity contribution in [3.05, 3.63) is 89.6 Å². The molecule has 0 aliphatic rings. The average Bonchev–Trinajstić information content (AvgIpc) is 3.39. The van der Waals surface area contributed by atoms with Gasteiger partial charge in [0.05, 0.1) is 38.6 Å². The molecule has 0 radical (unpaired) electrons. The number of nitrogens with one attached hydrogen (secondary N) is 1. The van der Waals surface area contributed by atoms with E-state index in [0.29, 0.717) is 34.5 Å². The summed E-state index contributed by atoms with van der Waals surface area (Å²) in [4.78, 5) is 32.6. The standard InChI is InChI=1S/C30H31ClN4O5/c1-38-14-13-34(29(37)15-21-7-5-4-6-8-21)20-28(36)33-30-32-27(22-9-11-23(31)12-10-22)19-35(30)24-16-25(39-2)18-26(17-24)40-3/h4-12,16-19H,13-15,20H2,1-3H3,(H,32,33,36). The predicted molar refractivity (Wildman–Crippen MR) is 154 cm³/mol. The number of nitrogens with zero attached hydrogens (tertiary/aromatic N) is 3. The molecule has 9 nitrogen and oxygen atoms in total. The van der Waals surface area contributed by atoms with Crippen molar-refractivity contribution in [2.75, 3.05) is 46.3 Å². The van der Waals surface area contributed by atoms with E-state index in [-0.39, 0.29) is 31.4 Å². The molecule has 0 saturated carbocycles. The van der Waals surface area contributed by atoms with Crippen molar-refractivity contribution in [2.45, 2.75) is 6.42 Å². The van der Waals surface area contributed by atoms with E-state index in [2.05, 4.69) is 5.32 Å². The molecule has 0 atom stereocenters. The topological polar surface area (TPSA) is 94.9 Å². The summed E-state index contributed by atoms with van der Waals surface area (Å²) < 4.78 is 17.8. The largest absolute Gasteiger partial charge is 0.497 e. The minimum atomic E-state index is -0.401. The number of aromatic nitrogens is 2. The molecule has 0 spiro atoms. The number of hydrogen-bond donors (Lipinski definition) is 1. The average molecular weight is 563 g/mol. The Labute approximate surface area is 238 Å². The molecule has 1 aromatic heterocycles. The first-order valence-electron chi connectivity index (χ1n) is 12.6. The molecule has 0 aliphatic heterocycles. The molecule has 4 rings (SSSR count). The molecule has 10 heteroatoms. The maximum absolute atomic E-state index is 13.3. The predicted octanol–water partition coefficient (Wildman–Crippen LogP) is 4.87. The van der Waals surface area contributed by atoms with Crippen molar-refractivity contribution in [3.8, 4) is 28.4 Å². The van der Waals surface area contributed by atoms with Gasteiger partial charge in [-0.2, -0.15) is 0 Å². The van der Waals surface area contributed by atoms with Gasteiger partial charge in [-0.3, -0.25) is 19.5 Å². The van der Waals surface area contributed by atoms with Gasteiger partial charge in [-0.25, -0.2) is 4.98 Å². The van der Waals surface area contributed by atoms with Crippen LogP contribution in [-0.4, -0.2) is 67.3 Å². The number of halogens is 1. The second-order valence-electron chi connectivity index (χ2n) is 8.92. The molecule has 0 unspecified atom stereocenters. The van der Waals surface area contributed by atoms with Gasteiger partial charge in [0.15, 0.2) is 0 Å². The Bertz CT molecular complexity index is 1420. The Morgan fingerprint density at radius 1 is 0.950 bits per heavy atom. The molecule has 1 heterocycles. The lowest BCUT2D eigenvalue weighted by Gasteiger charge is -2.22. The second kappa shape index (κ2) is 13.6. The maximum atomic E-state index is 13.3. The van der Waals surface area contributed by atoms with Crippen LogP contribution in [0.2, 0.25) is 5.02 Å². The fraction of sp³-hybridized carbons (Fsp3) is 0.233. The van der Waals surface area contributed by atoms with Gasteiger partial charge in [0.25, 0.3) is 0 Å². The van der Waals surface area contributed by atoms with Crippen LogP contribution in [0.4, 0.5) is 5.95 Å². The summed E-state index contributed by atoms with van der Waals surface area (Å²) in [5, 5.41) is 3.48. The third-order valence-electron chi connectivity index (χ3n) is 6.16. The lowest BCUT2D eigenvalue weighted by atomic mass is 10.1. The van der Waals surface area contributed by atoms with Gasteiger partial charge in [0.1, 0.15) is 18.0 Å². The van der Waals surface area contributed by atoms with Crippen LogP contribution in [0.15, 0.2) is 79.0 Å². The summed E-state index contributed by atoms with van der Waals surface area (Å²) >= 11 is 6.08. The number of benzene rings is 3. The molecule has 208 valence electrons. The van der Waals surface area contributed by atoms with Crippen LogP contribution in [0.1, 0.15) is 5.56 Å². The van der Waals surface area contributed by atoms with Crippen LogP contribution in [0.3, 0.4) is 0 Å². The third-order valence-corrected chi connectivity index (χ3v) is 6.41. The molecule has 0 bridgehead atoms. The highest BCUT2D eigenvalue weighted by atomic mass is 35.5. The first-order valence-corrected chi connectivity index (χ1v) is 13.0. The zero-order valence-electron chi connectivity index (χ0n) is 22.6. The van der Waals surface area contributed by atoms with Gasteiger partial charge in [-0.15, -0.1) is 0 Å². The lowest BCUT2D eigenvalue weighted by molar-refractivity contribution is -0.134. The molecular weight excluding hydrogens is 532 g/mol. The molecule has 1 N–H and O–H groups in total. The van der Waals surface area contributed by atoms with E-state index in [1.54, 1.807) is 62.4 Å². The Balaban J connectivity index is 1.63. The highest BCUT2D eigenvalue weighted by molar-refractivity contribution is 6.30. The summed E-state index contributed by atoms with van der Waals surface area (Å²) in [6, 6.07) is 22.0. The number of anilines is 1. The van der Waals surface area contributed by atoms with Gasteiger partial charge in [0.2, 0.25) is 17.8 Å². The summed E-state index contributed by atoms with van der Waals surface area (Å²) in [5.41, 5.74) is 2.96. The van der Waals surface area contributed by atoms with E-state index in [0.717, 1.165) is 11.1 Å². The molecule has 40 heavy (non-hydrogen) atoms. The van der Waals surface area contributed by atoms with Crippen LogP contribution < -0.4 is 14.8 Å². The van der Waals surface area contributed by atoms with E-state index in [1.807, 2.05) is 42.5 Å². The Hall–Kier alpha value is -4.34. The maximum Gasteiger partial charge on any atom is 0.246 e. The number of amides is 2. The molecule has 4 aromatic rings. The lowest BCUT2D eigenvalue weighted by Crippen LogP contribution is -2.41. The highest BCUT2D eigenvalue weighted by Crippen LogP contribution is 2.30. The van der Waals surface area contributed by atoms with Gasteiger partial charge in [0, 0.05) is 48.6 Å². The fourth-order valence-electron chi connectivity index (χ4n) is 4.07. The highest BCUT2D eigenvalue weighted by Gasteiger charge is 2.20. The quantitative estimate of drug-likeness (QED) is 0.265. The molecular formula is C30H31ClN4O5. The molecule has 0 fully saturated rings. The van der Waals surface area contributed by atoms with Crippen molar-refractivity contribution in [1.29, 1.82) is 0 Å². The number of rotatable bonds is 12. The summed E-state index contributed by atoms with van der Waals surface area (Å²) in [5.74, 6) is 0.840. The zero-order valence-corrected chi connectivity index (χ0v) is 23.4. The van der Waals surface area contributed by atoms with Crippen LogP contribution in [0, 0.1) is 0 Å². The van der Waals surface area contributed by atoms with Crippen molar-refractivity contribution in [3.63, 3.8) is 0 Å². The van der Waals surface area contributed by atoms with E-state index in [4.69, 9.17) is 30.8 Å². The van der Waals surface area contributed by atoms with Crippen molar-refractivity contribution in [1.82, 2.24) is 14.5 Å². The van der Waals surface area contributed by atoms with Gasteiger partial charge >= 0.3 is 0 Å². The summed E-state index contributed by atoms with van der Waals surface area (Å²) in [6.07, 6.45) is 1.98. The van der Waals surface area contributed by atoms with Gasteiger partial charge in [-0.1, -0.05) is 54.1 Å². The first kappa shape index (κ1) is 28.7. The number of methoxy groups -OCH3 is 3. The minimum Gasteiger partial charge on any atom is -0.497 e. The monoisotopic (exact) mass is 562 g/mol. The number of imidazole rings is 1. The SMILES string of the molecule is COCCN(CC(=O)Nc1nc(-c2ccc(Cl)cc2)cn1-c1cc(OC)cc(OC)c1)C(=O)Cc1ccccc1. The van der Waals surface area contributed by atoms with E-state index in [1.165, 1.54) is 4.90 Å². The minimum absolute atomic E-state index is 0.167. The Kier molecular flexibility index (Phi) is 9.77. The second-order valence-corrected chi connectivity index (χ2v) is 9.35. The van der Waals surface area contributed by atoms with Crippen molar-refractivity contribution in [2.24, 2.45) is 0 Å². The number of ether oxygens (including phenoxy) is 3. The summed E-state index contributed by atoms with van der Waals surface area (Å²) in [7, 11) is 4.68. The number of carbonyl (C=O) groups excluding carboxylic acids is 2. The molecule has 0 aliphatic carbocycles. The summed E-state index contributed by atoms with van der Waals surface area (Å²) in [6.45, 7) is 0.402. The van der Waals surface area contributed by atoms with E-state index in [9.17, 15) is 9.59 Å².